The molecular weight excluding hydrogens is 176 g/mol. The minimum absolute atomic E-state index is 0.322. The van der Waals surface area contributed by atoms with Crippen molar-refractivity contribution in [3.05, 3.63) is 0 Å². The maximum atomic E-state index is 10.7. The van der Waals surface area contributed by atoms with Crippen molar-refractivity contribution in [2.75, 3.05) is 0 Å². The van der Waals surface area contributed by atoms with Crippen LogP contribution in [0, 0.1) is 5.92 Å². The van der Waals surface area contributed by atoms with Crippen LogP contribution in [0.5, 0.6) is 0 Å². The lowest BCUT2D eigenvalue weighted by Gasteiger charge is -2.46. The number of aliphatic hydroxyl groups excluding tert-OH is 2. The summed E-state index contributed by atoms with van der Waals surface area (Å²) in [5.74, 6) is -1.52. The average Bonchev–Trinajstić information content (AvgIpc) is 2.06. The van der Waals surface area contributed by atoms with Gasteiger partial charge < -0.3 is 20.1 Å². The van der Waals surface area contributed by atoms with Crippen LogP contribution >= 0.6 is 0 Å². The van der Waals surface area contributed by atoms with Crippen molar-refractivity contribution in [1.29, 1.82) is 0 Å². The molecule has 5 nitrogen and oxygen atoms in total. The second-order valence-corrected chi connectivity index (χ2v) is 3.70. The van der Waals surface area contributed by atoms with Crippen LogP contribution in [0.15, 0.2) is 0 Å². The van der Waals surface area contributed by atoms with Gasteiger partial charge in [0.1, 0.15) is 0 Å². The van der Waals surface area contributed by atoms with Crippen LogP contribution in [0.3, 0.4) is 0 Å². The highest BCUT2D eigenvalue weighted by atomic mass is 16.5. The number of carboxylic acids is 1. The zero-order chi connectivity index (χ0) is 9.59. The number of fused-ring (bicyclic) bond motifs is 3. The first-order valence-corrected chi connectivity index (χ1v) is 4.34. The van der Waals surface area contributed by atoms with Crippen LogP contribution in [0.1, 0.15) is 12.8 Å². The maximum Gasteiger partial charge on any atom is 0.333 e. The van der Waals surface area contributed by atoms with Crippen LogP contribution in [-0.4, -0.2) is 45.7 Å². The molecule has 3 aliphatic rings. The first-order chi connectivity index (χ1) is 6.09. The molecule has 3 rings (SSSR count). The number of aliphatic hydroxyl groups is 2. The lowest BCUT2D eigenvalue weighted by atomic mass is 9.76. The fraction of sp³-hybridized carbons (Fsp3) is 0.875. The Morgan fingerprint density at radius 1 is 1.23 bits per heavy atom. The van der Waals surface area contributed by atoms with Crippen molar-refractivity contribution in [2.45, 2.75) is 37.3 Å². The van der Waals surface area contributed by atoms with Crippen molar-refractivity contribution in [1.82, 2.24) is 0 Å². The Balaban J connectivity index is 2.17. The minimum atomic E-state index is -1.05. The smallest absolute Gasteiger partial charge is 0.333 e. The van der Waals surface area contributed by atoms with Crippen molar-refractivity contribution in [3.8, 4) is 0 Å². The van der Waals surface area contributed by atoms with E-state index in [-0.39, 0.29) is 0 Å². The number of rotatable bonds is 1. The fourth-order valence-corrected chi connectivity index (χ4v) is 2.16. The summed E-state index contributed by atoms with van der Waals surface area (Å²) < 4.78 is 5.12. The molecule has 5 heteroatoms. The SMILES string of the molecule is O=C(O)C1OC2CC(O)C1CC2O. The Morgan fingerprint density at radius 2 is 1.92 bits per heavy atom. The molecule has 13 heavy (non-hydrogen) atoms. The van der Waals surface area contributed by atoms with Crippen molar-refractivity contribution < 1.29 is 24.9 Å². The topological polar surface area (TPSA) is 87.0 Å². The number of ether oxygens (including phenoxy) is 1. The second-order valence-electron chi connectivity index (χ2n) is 3.70. The summed E-state index contributed by atoms with van der Waals surface area (Å²) in [5, 5.41) is 27.6. The fourth-order valence-electron chi connectivity index (χ4n) is 2.16. The molecule has 74 valence electrons. The van der Waals surface area contributed by atoms with E-state index in [2.05, 4.69) is 0 Å². The molecule has 2 bridgehead atoms. The van der Waals surface area contributed by atoms with E-state index in [1.165, 1.54) is 0 Å². The summed E-state index contributed by atoms with van der Waals surface area (Å²) in [5.41, 5.74) is 0. The van der Waals surface area contributed by atoms with E-state index < -0.39 is 36.3 Å². The van der Waals surface area contributed by atoms with E-state index in [0.29, 0.717) is 12.8 Å². The third-order valence-electron chi connectivity index (χ3n) is 2.86. The number of carbonyl (C=O) groups is 1. The number of hydrogen-bond donors (Lipinski definition) is 3. The molecular formula is C8H12O5. The molecule has 2 heterocycles. The number of hydrogen-bond acceptors (Lipinski definition) is 4. The van der Waals surface area contributed by atoms with Gasteiger partial charge in [-0.25, -0.2) is 4.79 Å². The van der Waals surface area contributed by atoms with Crippen LogP contribution < -0.4 is 0 Å². The molecule has 5 unspecified atom stereocenters. The summed E-state index contributed by atoms with van der Waals surface area (Å²) in [6.07, 6.45) is -2.07. The predicted octanol–water partition coefficient (Wildman–Crippen LogP) is -1.03. The Bertz CT molecular complexity index is 229. The third-order valence-corrected chi connectivity index (χ3v) is 2.86. The quantitative estimate of drug-likeness (QED) is 0.489. The third kappa shape index (κ3) is 1.33. The molecule has 1 aliphatic carbocycles. The van der Waals surface area contributed by atoms with Gasteiger partial charge in [-0.05, 0) is 6.42 Å². The molecule has 0 radical (unpaired) electrons. The van der Waals surface area contributed by atoms with E-state index in [0.717, 1.165) is 0 Å². The van der Waals surface area contributed by atoms with Crippen LogP contribution in [0.25, 0.3) is 0 Å². The molecule has 0 aromatic heterocycles. The van der Waals surface area contributed by atoms with Gasteiger partial charge in [0.25, 0.3) is 0 Å². The van der Waals surface area contributed by atoms with Gasteiger partial charge in [0, 0.05) is 12.3 Å². The van der Waals surface area contributed by atoms with Gasteiger partial charge >= 0.3 is 5.97 Å². The first-order valence-electron chi connectivity index (χ1n) is 4.34. The lowest BCUT2D eigenvalue weighted by molar-refractivity contribution is -0.224. The van der Waals surface area contributed by atoms with E-state index in [1.807, 2.05) is 0 Å². The zero-order valence-corrected chi connectivity index (χ0v) is 6.96. The average molecular weight is 188 g/mol. The highest BCUT2D eigenvalue weighted by Gasteiger charge is 2.49. The highest BCUT2D eigenvalue weighted by Crippen LogP contribution is 2.37. The molecule has 0 aromatic carbocycles. The summed E-state index contributed by atoms with van der Waals surface area (Å²) in [6.45, 7) is 0. The van der Waals surface area contributed by atoms with Gasteiger partial charge in [0.05, 0.1) is 18.3 Å². The van der Waals surface area contributed by atoms with E-state index in [1.54, 1.807) is 0 Å². The standard InChI is InChI=1S/C8H12O5/c9-4-2-6-5(10)1-3(4)7(13-6)8(11)12/h3-7,9-10H,1-2H2,(H,11,12). The summed E-state index contributed by atoms with van der Waals surface area (Å²) in [6, 6.07) is 0. The van der Waals surface area contributed by atoms with E-state index in [9.17, 15) is 15.0 Å². The summed E-state index contributed by atoms with van der Waals surface area (Å²) in [4.78, 5) is 10.7. The van der Waals surface area contributed by atoms with Gasteiger partial charge in [-0.2, -0.15) is 0 Å². The first kappa shape index (κ1) is 8.93. The van der Waals surface area contributed by atoms with Gasteiger partial charge in [-0.15, -0.1) is 0 Å². The number of carboxylic acid groups (broad SMARTS) is 1. The predicted molar refractivity (Wildman–Crippen MR) is 41.0 cm³/mol. The van der Waals surface area contributed by atoms with Gasteiger partial charge in [-0.3, -0.25) is 0 Å². The van der Waals surface area contributed by atoms with E-state index >= 15 is 0 Å². The molecule has 5 atom stereocenters. The molecule has 0 spiro atoms. The molecule has 1 saturated carbocycles. The minimum Gasteiger partial charge on any atom is -0.479 e. The van der Waals surface area contributed by atoms with Crippen molar-refractivity contribution in [2.24, 2.45) is 5.92 Å². The lowest BCUT2D eigenvalue weighted by Crippen LogP contribution is -2.58. The zero-order valence-electron chi connectivity index (χ0n) is 6.96. The van der Waals surface area contributed by atoms with Crippen molar-refractivity contribution in [3.63, 3.8) is 0 Å². The Labute approximate surface area is 74.9 Å². The molecule has 3 N–H and O–H groups in total. The Kier molecular flexibility index (Phi) is 2.02. The molecule has 2 saturated heterocycles. The second kappa shape index (κ2) is 2.94. The van der Waals surface area contributed by atoms with Gasteiger partial charge in [0.15, 0.2) is 6.10 Å². The van der Waals surface area contributed by atoms with Crippen LogP contribution in [0.2, 0.25) is 0 Å². The highest BCUT2D eigenvalue weighted by molar-refractivity contribution is 5.73. The summed E-state index contributed by atoms with van der Waals surface area (Å²) in [7, 11) is 0. The number of aliphatic carboxylic acids is 1. The van der Waals surface area contributed by atoms with E-state index in [4.69, 9.17) is 9.84 Å². The molecule has 0 amide bonds. The van der Waals surface area contributed by atoms with Crippen LogP contribution in [-0.2, 0) is 9.53 Å². The summed E-state index contributed by atoms with van der Waals surface area (Å²) >= 11 is 0. The monoisotopic (exact) mass is 188 g/mol. The van der Waals surface area contributed by atoms with Gasteiger partial charge in [-0.1, -0.05) is 0 Å². The Hall–Kier alpha value is -0.650. The molecule has 2 aliphatic heterocycles. The maximum absolute atomic E-state index is 10.7. The Morgan fingerprint density at radius 3 is 2.46 bits per heavy atom. The van der Waals surface area contributed by atoms with Crippen molar-refractivity contribution >= 4 is 5.97 Å². The largest absolute Gasteiger partial charge is 0.479 e. The normalized spacial score (nSPS) is 49.2. The molecule has 3 fully saturated rings. The van der Waals surface area contributed by atoms with Gasteiger partial charge in [0.2, 0.25) is 0 Å². The molecule has 0 aromatic rings. The van der Waals surface area contributed by atoms with Crippen LogP contribution in [0.4, 0.5) is 0 Å².